The summed E-state index contributed by atoms with van der Waals surface area (Å²) in [6, 6.07) is 25.8. The lowest BCUT2D eigenvalue weighted by Crippen LogP contribution is -2.42. The van der Waals surface area contributed by atoms with Crippen molar-refractivity contribution in [3.8, 4) is 11.5 Å². The summed E-state index contributed by atoms with van der Waals surface area (Å²) in [7, 11) is 3.13. The van der Waals surface area contributed by atoms with Gasteiger partial charge in [0.05, 0.1) is 19.7 Å². The number of carbonyl (C=O) groups is 2. The highest BCUT2D eigenvalue weighted by Gasteiger charge is 2.32. The predicted molar refractivity (Wildman–Crippen MR) is 152 cm³/mol. The number of halogens is 1. The molecular weight excluding hydrogens is 525 g/mol. The summed E-state index contributed by atoms with van der Waals surface area (Å²) < 4.78 is 25.9. The number of nitrogens with zero attached hydrogens (tertiary/aromatic N) is 4. The van der Waals surface area contributed by atoms with E-state index in [1.807, 2.05) is 36.4 Å². The van der Waals surface area contributed by atoms with Gasteiger partial charge in [0.25, 0.3) is 5.91 Å². The van der Waals surface area contributed by atoms with Gasteiger partial charge in [0.1, 0.15) is 35.4 Å². The fraction of sp³-hybridized carbons (Fsp3) is 0.161. The SMILES string of the molecule is COc1ccc(CN(C(=O)Cn2nnc3ccccc32)[C@@H](C(=O)Nc2ccc(OC)cc2)c2ccc(F)cc2)cc1. The van der Waals surface area contributed by atoms with Gasteiger partial charge < -0.3 is 19.7 Å². The summed E-state index contributed by atoms with van der Waals surface area (Å²) in [6.07, 6.45) is 0. The zero-order valence-corrected chi connectivity index (χ0v) is 22.5. The van der Waals surface area contributed by atoms with Crippen LogP contribution in [-0.4, -0.2) is 45.9 Å². The van der Waals surface area contributed by atoms with E-state index in [0.717, 1.165) is 5.56 Å². The zero-order chi connectivity index (χ0) is 28.8. The minimum atomic E-state index is -1.10. The van der Waals surface area contributed by atoms with Crippen molar-refractivity contribution in [2.75, 3.05) is 19.5 Å². The Morgan fingerprint density at radius 1 is 0.878 bits per heavy atom. The predicted octanol–water partition coefficient (Wildman–Crippen LogP) is 5.00. The quantitative estimate of drug-likeness (QED) is 0.262. The lowest BCUT2D eigenvalue weighted by Gasteiger charge is -2.31. The average Bonchev–Trinajstić information content (AvgIpc) is 3.41. The Morgan fingerprint density at radius 3 is 2.17 bits per heavy atom. The Bertz CT molecular complexity index is 1640. The molecule has 41 heavy (non-hydrogen) atoms. The number of benzene rings is 4. The number of methoxy groups -OCH3 is 2. The van der Waals surface area contributed by atoms with Crippen LogP contribution in [0.1, 0.15) is 17.2 Å². The number of fused-ring (bicyclic) bond motifs is 1. The maximum atomic E-state index is 14.0. The third-order valence-corrected chi connectivity index (χ3v) is 6.64. The molecule has 4 aromatic carbocycles. The van der Waals surface area contributed by atoms with Crippen molar-refractivity contribution in [3.05, 3.63) is 114 Å². The summed E-state index contributed by atoms with van der Waals surface area (Å²) in [4.78, 5) is 29.4. The van der Waals surface area contributed by atoms with Crippen LogP contribution in [0.4, 0.5) is 10.1 Å². The molecule has 0 saturated heterocycles. The van der Waals surface area contributed by atoms with Crippen LogP contribution in [0, 0.1) is 5.82 Å². The Morgan fingerprint density at radius 2 is 1.51 bits per heavy atom. The molecule has 0 aliphatic heterocycles. The zero-order valence-electron chi connectivity index (χ0n) is 22.5. The van der Waals surface area contributed by atoms with Crippen molar-refractivity contribution >= 4 is 28.5 Å². The molecule has 5 aromatic rings. The molecular formula is C31H28FN5O4. The molecule has 0 aliphatic carbocycles. The molecule has 9 nitrogen and oxygen atoms in total. The van der Waals surface area contributed by atoms with E-state index in [4.69, 9.17) is 9.47 Å². The molecule has 5 rings (SSSR count). The van der Waals surface area contributed by atoms with E-state index in [-0.39, 0.29) is 19.0 Å². The third-order valence-electron chi connectivity index (χ3n) is 6.64. The number of hydrogen-bond donors (Lipinski definition) is 1. The van der Waals surface area contributed by atoms with Gasteiger partial charge in [-0.05, 0) is 71.8 Å². The number of ether oxygens (including phenoxy) is 2. The van der Waals surface area contributed by atoms with Gasteiger partial charge in [-0.1, -0.05) is 41.6 Å². The fourth-order valence-electron chi connectivity index (χ4n) is 4.51. The molecule has 0 saturated carbocycles. The molecule has 10 heteroatoms. The van der Waals surface area contributed by atoms with Crippen LogP contribution in [0.2, 0.25) is 0 Å². The van der Waals surface area contributed by atoms with Crippen LogP contribution in [0.25, 0.3) is 11.0 Å². The van der Waals surface area contributed by atoms with E-state index >= 15 is 0 Å². The number of carbonyl (C=O) groups excluding carboxylic acids is 2. The molecule has 0 fully saturated rings. The minimum absolute atomic E-state index is 0.0908. The highest BCUT2D eigenvalue weighted by atomic mass is 19.1. The van der Waals surface area contributed by atoms with Crippen LogP contribution in [-0.2, 0) is 22.7 Å². The van der Waals surface area contributed by atoms with Crippen LogP contribution < -0.4 is 14.8 Å². The van der Waals surface area contributed by atoms with Crippen molar-refractivity contribution in [3.63, 3.8) is 0 Å². The molecule has 0 spiro atoms. The van der Waals surface area contributed by atoms with Crippen LogP contribution in [0.5, 0.6) is 11.5 Å². The fourth-order valence-corrected chi connectivity index (χ4v) is 4.51. The molecule has 208 valence electrons. The Balaban J connectivity index is 1.53. The lowest BCUT2D eigenvalue weighted by molar-refractivity contribution is -0.140. The van der Waals surface area contributed by atoms with E-state index in [1.54, 1.807) is 50.6 Å². The van der Waals surface area contributed by atoms with Gasteiger partial charge in [-0.2, -0.15) is 0 Å². The number of para-hydroxylation sites is 1. The second-order valence-electron chi connectivity index (χ2n) is 9.28. The van der Waals surface area contributed by atoms with E-state index in [0.29, 0.717) is 33.8 Å². The van der Waals surface area contributed by atoms with Gasteiger partial charge >= 0.3 is 0 Å². The average molecular weight is 554 g/mol. The second kappa shape index (κ2) is 12.3. The van der Waals surface area contributed by atoms with Crippen molar-refractivity contribution in [1.82, 2.24) is 19.9 Å². The smallest absolute Gasteiger partial charge is 0.251 e. The van der Waals surface area contributed by atoms with Gasteiger partial charge in [0.15, 0.2) is 0 Å². The molecule has 0 aliphatic rings. The largest absolute Gasteiger partial charge is 0.497 e. The maximum absolute atomic E-state index is 14.0. The number of nitrogens with one attached hydrogen (secondary N) is 1. The molecule has 1 heterocycles. The van der Waals surface area contributed by atoms with E-state index in [2.05, 4.69) is 15.6 Å². The molecule has 1 atom stereocenters. The minimum Gasteiger partial charge on any atom is -0.497 e. The molecule has 1 N–H and O–H groups in total. The first-order valence-electron chi connectivity index (χ1n) is 12.9. The highest BCUT2D eigenvalue weighted by Crippen LogP contribution is 2.28. The van der Waals surface area contributed by atoms with Crippen molar-refractivity contribution in [1.29, 1.82) is 0 Å². The topological polar surface area (TPSA) is 98.6 Å². The number of amides is 2. The molecule has 0 radical (unpaired) electrons. The Labute approximate surface area is 236 Å². The monoisotopic (exact) mass is 553 g/mol. The van der Waals surface area contributed by atoms with E-state index in [9.17, 15) is 14.0 Å². The highest BCUT2D eigenvalue weighted by molar-refractivity contribution is 5.98. The lowest BCUT2D eigenvalue weighted by atomic mass is 10.0. The van der Waals surface area contributed by atoms with Gasteiger partial charge in [0, 0.05) is 12.2 Å². The first-order valence-corrected chi connectivity index (χ1v) is 12.9. The Hall–Kier alpha value is -5.25. The first kappa shape index (κ1) is 27.3. The maximum Gasteiger partial charge on any atom is 0.251 e. The van der Waals surface area contributed by atoms with Gasteiger partial charge in [-0.15, -0.1) is 5.10 Å². The summed E-state index contributed by atoms with van der Waals surface area (Å²) >= 11 is 0. The summed E-state index contributed by atoms with van der Waals surface area (Å²) in [5, 5.41) is 11.2. The third kappa shape index (κ3) is 6.33. The second-order valence-corrected chi connectivity index (χ2v) is 9.28. The van der Waals surface area contributed by atoms with Gasteiger partial charge in [-0.25, -0.2) is 9.07 Å². The van der Waals surface area contributed by atoms with E-state index in [1.165, 1.54) is 33.8 Å². The number of hydrogen-bond acceptors (Lipinski definition) is 6. The van der Waals surface area contributed by atoms with Crippen molar-refractivity contribution < 1.29 is 23.5 Å². The number of anilines is 1. The van der Waals surface area contributed by atoms with Crippen molar-refractivity contribution in [2.24, 2.45) is 0 Å². The molecule has 0 unspecified atom stereocenters. The normalized spacial score (nSPS) is 11.6. The van der Waals surface area contributed by atoms with Crippen LogP contribution >= 0.6 is 0 Å². The Kier molecular flexibility index (Phi) is 8.19. The molecule has 1 aromatic heterocycles. The summed E-state index contributed by atoms with van der Waals surface area (Å²) in [5.41, 5.74) is 3.07. The first-order chi connectivity index (χ1) is 19.9. The van der Waals surface area contributed by atoms with Gasteiger partial charge in [-0.3, -0.25) is 9.59 Å². The van der Waals surface area contributed by atoms with Gasteiger partial charge in [0.2, 0.25) is 5.91 Å². The van der Waals surface area contributed by atoms with E-state index < -0.39 is 17.8 Å². The standard InChI is InChI=1S/C31H28FN5O4/c1-40-25-15-7-21(8-16-25)19-36(29(38)20-37-28-6-4-3-5-27(28)34-35-37)30(22-9-11-23(32)12-10-22)31(39)33-24-13-17-26(41-2)18-14-24/h3-18,30H,19-20H2,1-2H3,(H,33,39)/t30-/m1/s1. The van der Waals surface area contributed by atoms with Crippen molar-refractivity contribution in [2.45, 2.75) is 19.1 Å². The van der Waals surface area contributed by atoms with Crippen LogP contribution in [0.3, 0.4) is 0 Å². The number of rotatable bonds is 10. The summed E-state index contributed by atoms with van der Waals surface area (Å²) in [5.74, 6) is -0.00422. The molecule has 2 amide bonds. The summed E-state index contributed by atoms with van der Waals surface area (Å²) in [6.45, 7) is -0.0717. The van der Waals surface area contributed by atoms with Crippen LogP contribution in [0.15, 0.2) is 97.1 Å². The number of aromatic nitrogens is 3. The molecule has 0 bridgehead atoms.